The molecule has 1 heterocycles. The number of nitrogens with one attached hydrogen (secondary N) is 1. The Morgan fingerprint density at radius 3 is 2.39 bits per heavy atom. The minimum Gasteiger partial charge on any atom is -0.457 e. The normalized spacial score (nSPS) is 11.5. The van der Waals surface area contributed by atoms with Crippen molar-refractivity contribution in [1.29, 1.82) is 0 Å². The van der Waals surface area contributed by atoms with Gasteiger partial charge in [-0.1, -0.05) is 35.3 Å². The second kappa shape index (κ2) is 10.5. The van der Waals surface area contributed by atoms with Gasteiger partial charge in [0.1, 0.15) is 17.3 Å². The zero-order chi connectivity index (χ0) is 22.2. The Kier molecular flexibility index (Phi) is 7.53. The summed E-state index contributed by atoms with van der Waals surface area (Å²) in [7, 11) is 0. The SMILES string of the molecule is NC=N/C(=N/c1ncc(Cl)cc1Cl)C(=O)NCc1ccc(Oc2ccc(F)cc2)cc1. The highest BCUT2D eigenvalue weighted by Gasteiger charge is 2.12. The molecule has 31 heavy (non-hydrogen) atoms. The number of carbonyl (C=O) groups excluding carboxylic acids is 1. The number of nitrogens with zero attached hydrogens (tertiary/aromatic N) is 3. The molecule has 7 nitrogen and oxygen atoms in total. The first-order valence-electron chi connectivity index (χ1n) is 8.89. The van der Waals surface area contributed by atoms with Crippen LogP contribution in [0, 0.1) is 5.82 Å². The highest BCUT2D eigenvalue weighted by molar-refractivity contribution is 6.40. The van der Waals surface area contributed by atoms with Crippen LogP contribution in [0.5, 0.6) is 11.5 Å². The van der Waals surface area contributed by atoms with E-state index in [1.54, 1.807) is 24.3 Å². The molecule has 0 radical (unpaired) electrons. The Balaban J connectivity index is 1.64. The maximum atomic E-state index is 13.0. The van der Waals surface area contributed by atoms with Crippen LogP contribution in [0.15, 0.2) is 70.8 Å². The summed E-state index contributed by atoms with van der Waals surface area (Å²) in [6.07, 6.45) is 2.30. The fraction of sp³-hybridized carbons (Fsp3) is 0.0476. The molecule has 158 valence electrons. The average Bonchev–Trinajstić information content (AvgIpc) is 2.76. The maximum Gasteiger partial charge on any atom is 0.289 e. The molecule has 0 fully saturated rings. The summed E-state index contributed by atoms with van der Waals surface area (Å²) < 4.78 is 18.6. The maximum absolute atomic E-state index is 13.0. The van der Waals surface area contributed by atoms with E-state index < -0.39 is 5.91 Å². The van der Waals surface area contributed by atoms with E-state index in [0.717, 1.165) is 11.9 Å². The van der Waals surface area contributed by atoms with Crippen LogP contribution in [0.4, 0.5) is 10.2 Å². The van der Waals surface area contributed by atoms with Crippen LogP contribution in [0.1, 0.15) is 5.56 Å². The molecule has 0 aliphatic rings. The molecule has 1 amide bonds. The zero-order valence-electron chi connectivity index (χ0n) is 15.9. The van der Waals surface area contributed by atoms with E-state index in [0.29, 0.717) is 16.5 Å². The van der Waals surface area contributed by atoms with Crippen LogP contribution < -0.4 is 15.8 Å². The largest absolute Gasteiger partial charge is 0.457 e. The summed E-state index contributed by atoms with van der Waals surface area (Å²) in [5.74, 6) is 0.0488. The lowest BCUT2D eigenvalue weighted by molar-refractivity contribution is -0.115. The highest BCUT2D eigenvalue weighted by Crippen LogP contribution is 2.25. The van der Waals surface area contributed by atoms with Crippen LogP contribution >= 0.6 is 23.2 Å². The van der Waals surface area contributed by atoms with Crippen LogP contribution in [0.3, 0.4) is 0 Å². The fourth-order valence-electron chi connectivity index (χ4n) is 2.37. The molecule has 0 bridgehead atoms. The molecule has 1 aromatic heterocycles. The van der Waals surface area contributed by atoms with E-state index in [-0.39, 0.29) is 29.0 Å². The Labute approximate surface area is 187 Å². The first kappa shape index (κ1) is 22.2. The van der Waals surface area contributed by atoms with Gasteiger partial charge in [0.15, 0.2) is 5.82 Å². The Morgan fingerprint density at radius 1 is 1.13 bits per heavy atom. The summed E-state index contributed by atoms with van der Waals surface area (Å²) in [5, 5.41) is 3.20. The number of amidine groups is 1. The lowest BCUT2D eigenvalue weighted by atomic mass is 10.2. The quantitative estimate of drug-likeness (QED) is 0.427. The molecule has 2 aromatic carbocycles. The van der Waals surface area contributed by atoms with Gasteiger partial charge in [-0.3, -0.25) is 4.79 Å². The van der Waals surface area contributed by atoms with Crippen LogP contribution in [0.25, 0.3) is 0 Å². The van der Waals surface area contributed by atoms with Gasteiger partial charge in [-0.2, -0.15) is 0 Å². The van der Waals surface area contributed by atoms with Gasteiger partial charge in [0.2, 0.25) is 5.84 Å². The van der Waals surface area contributed by atoms with Crippen molar-refractivity contribution in [2.45, 2.75) is 6.54 Å². The number of halogens is 3. The minimum absolute atomic E-state index is 0.0871. The third-order valence-corrected chi connectivity index (χ3v) is 4.31. The second-order valence-electron chi connectivity index (χ2n) is 6.06. The number of aromatic nitrogens is 1. The average molecular weight is 460 g/mol. The lowest BCUT2D eigenvalue weighted by Gasteiger charge is -2.08. The van der Waals surface area contributed by atoms with Gasteiger partial charge in [0, 0.05) is 12.7 Å². The van der Waals surface area contributed by atoms with Crippen molar-refractivity contribution >= 4 is 47.1 Å². The number of carbonyl (C=O) groups is 1. The predicted molar refractivity (Wildman–Crippen MR) is 119 cm³/mol. The number of aliphatic imine (C=N–C) groups is 2. The highest BCUT2D eigenvalue weighted by atomic mass is 35.5. The number of pyridine rings is 1. The number of hydrogen-bond donors (Lipinski definition) is 2. The Bertz CT molecular complexity index is 1120. The fourth-order valence-corrected chi connectivity index (χ4v) is 2.80. The Hall–Kier alpha value is -3.49. The van der Waals surface area contributed by atoms with Crippen LogP contribution in [-0.4, -0.2) is 23.1 Å². The molecule has 3 rings (SSSR count). The number of nitrogens with two attached hydrogens (primary N) is 1. The van der Waals surface area contributed by atoms with Gasteiger partial charge in [0.25, 0.3) is 5.91 Å². The van der Waals surface area contributed by atoms with Crippen molar-refractivity contribution in [3.63, 3.8) is 0 Å². The van der Waals surface area contributed by atoms with E-state index in [4.69, 9.17) is 33.7 Å². The van der Waals surface area contributed by atoms with Gasteiger partial charge >= 0.3 is 0 Å². The van der Waals surface area contributed by atoms with Gasteiger partial charge in [-0.15, -0.1) is 0 Å². The Morgan fingerprint density at radius 2 is 1.77 bits per heavy atom. The molecule has 0 unspecified atom stereocenters. The monoisotopic (exact) mass is 459 g/mol. The third-order valence-electron chi connectivity index (χ3n) is 3.83. The standard InChI is InChI=1S/C21H16Cl2FN5O2/c22-14-9-18(23)19(26-11-14)29-20(28-12-25)21(30)27-10-13-1-5-16(6-2-13)31-17-7-3-15(24)4-8-17/h1-9,11-12H,10H2,(H,27,30)(H2,25,26,28,29). The molecule has 0 aliphatic carbocycles. The van der Waals surface area contributed by atoms with Crippen molar-refractivity contribution < 1.29 is 13.9 Å². The smallest absolute Gasteiger partial charge is 0.289 e. The zero-order valence-corrected chi connectivity index (χ0v) is 17.4. The molecule has 10 heteroatoms. The summed E-state index contributed by atoms with van der Waals surface area (Å²) >= 11 is 11.8. The van der Waals surface area contributed by atoms with E-state index in [2.05, 4.69) is 20.3 Å². The van der Waals surface area contributed by atoms with E-state index >= 15 is 0 Å². The summed E-state index contributed by atoms with van der Waals surface area (Å²) in [5.41, 5.74) is 6.12. The summed E-state index contributed by atoms with van der Waals surface area (Å²) in [6, 6.07) is 14.2. The molecule has 0 aliphatic heterocycles. The van der Waals surface area contributed by atoms with E-state index in [1.807, 2.05) is 0 Å². The lowest BCUT2D eigenvalue weighted by Crippen LogP contribution is -2.30. The number of amides is 1. The first-order chi connectivity index (χ1) is 14.9. The minimum atomic E-state index is -0.568. The summed E-state index contributed by atoms with van der Waals surface area (Å²) in [6.45, 7) is 0.205. The molecule has 0 saturated carbocycles. The molecule has 3 aromatic rings. The predicted octanol–water partition coefficient (Wildman–Crippen LogP) is 4.65. The molecule has 0 saturated heterocycles. The van der Waals surface area contributed by atoms with E-state index in [9.17, 15) is 9.18 Å². The van der Waals surface area contributed by atoms with Gasteiger partial charge in [-0.25, -0.2) is 19.4 Å². The van der Waals surface area contributed by atoms with Crippen LogP contribution in [0.2, 0.25) is 10.0 Å². The number of rotatable bonds is 5. The van der Waals surface area contributed by atoms with Gasteiger partial charge < -0.3 is 15.8 Å². The van der Waals surface area contributed by atoms with Crippen molar-refractivity contribution in [3.05, 3.63) is 82.2 Å². The van der Waals surface area contributed by atoms with Gasteiger partial charge in [-0.05, 0) is 48.0 Å². The van der Waals surface area contributed by atoms with E-state index in [1.165, 1.54) is 36.5 Å². The number of benzene rings is 2. The van der Waals surface area contributed by atoms with Crippen molar-refractivity contribution in [2.75, 3.05) is 0 Å². The van der Waals surface area contributed by atoms with Crippen molar-refractivity contribution in [2.24, 2.45) is 15.7 Å². The number of hydrogen-bond acceptors (Lipinski definition) is 4. The third kappa shape index (κ3) is 6.50. The molecule has 0 spiro atoms. The molecular weight excluding hydrogens is 444 g/mol. The number of ether oxygens (including phenoxy) is 1. The van der Waals surface area contributed by atoms with Gasteiger partial charge in [0.05, 0.1) is 16.4 Å². The second-order valence-corrected chi connectivity index (χ2v) is 6.90. The molecule has 3 N–H and O–H groups in total. The van der Waals surface area contributed by atoms with Crippen LogP contribution in [-0.2, 0) is 11.3 Å². The van der Waals surface area contributed by atoms with Crippen molar-refractivity contribution in [3.8, 4) is 11.5 Å². The topological polar surface area (TPSA) is 102 Å². The van der Waals surface area contributed by atoms with Crippen molar-refractivity contribution in [1.82, 2.24) is 10.3 Å². The molecular formula is C21H16Cl2FN5O2. The first-order valence-corrected chi connectivity index (χ1v) is 9.65. The summed E-state index contributed by atoms with van der Waals surface area (Å²) in [4.78, 5) is 24.3. The molecule has 0 atom stereocenters.